The number of amides is 1. The van der Waals surface area contributed by atoms with Crippen LogP contribution in [0.25, 0.3) is 0 Å². The van der Waals surface area contributed by atoms with Crippen LogP contribution in [0.3, 0.4) is 0 Å². The number of hydrogen-bond acceptors (Lipinski definition) is 3. The predicted octanol–water partition coefficient (Wildman–Crippen LogP) is 4.90. The average molecular weight is 471 g/mol. The lowest BCUT2D eigenvalue weighted by Gasteiger charge is -2.25. The molecule has 0 aliphatic heterocycles. The molecule has 3 rings (SSSR count). The molecule has 0 atom stereocenters. The fourth-order valence-corrected chi connectivity index (χ4v) is 4.95. The Morgan fingerprint density at radius 1 is 0.938 bits per heavy atom. The van der Waals surface area contributed by atoms with Gasteiger partial charge >= 0.3 is 0 Å². The van der Waals surface area contributed by atoms with Crippen LogP contribution in [0.1, 0.15) is 23.1 Å². The van der Waals surface area contributed by atoms with Gasteiger partial charge in [-0.15, -0.1) is 0 Å². The molecule has 7 heteroatoms. The number of nitrogens with zero attached hydrogens (tertiary/aromatic N) is 1. The third kappa shape index (κ3) is 6.11. The molecule has 0 saturated heterocycles. The molecule has 3 aromatic carbocycles. The summed E-state index contributed by atoms with van der Waals surface area (Å²) in [5.41, 5.74) is 3.36. The number of aryl methyl sites for hydroxylation is 3. The molecule has 0 aliphatic carbocycles. The van der Waals surface area contributed by atoms with Crippen molar-refractivity contribution in [2.75, 3.05) is 17.4 Å². The summed E-state index contributed by atoms with van der Waals surface area (Å²) in [5, 5.41) is 3.53. The highest BCUT2D eigenvalue weighted by atomic mass is 35.5. The van der Waals surface area contributed by atoms with Gasteiger partial charge in [0.1, 0.15) is 6.54 Å². The van der Waals surface area contributed by atoms with Crippen LogP contribution in [-0.2, 0) is 21.2 Å². The van der Waals surface area contributed by atoms with Gasteiger partial charge in [0.2, 0.25) is 5.91 Å². The van der Waals surface area contributed by atoms with Crippen LogP contribution in [0, 0.1) is 13.8 Å². The minimum absolute atomic E-state index is 0.155. The molecule has 5 nitrogen and oxygen atoms in total. The molecule has 168 valence electrons. The minimum Gasteiger partial charge on any atom is -0.355 e. The van der Waals surface area contributed by atoms with E-state index >= 15 is 0 Å². The van der Waals surface area contributed by atoms with Crippen LogP contribution >= 0.6 is 11.6 Å². The lowest BCUT2D eigenvalue weighted by molar-refractivity contribution is -0.119. The van der Waals surface area contributed by atoms with Gasteiger partial charge in [0, 0.05) is 11.6 Å². The van der Waals surface area contributed by atoms with Crippen molar-refractivity contribution in [1.82, 2.24) is 5.32 Å². The van der Waals surface area contributed by atoms with E-state index in [4.69, 9.17) is 11.6 Å². The number of sulfonamides is 1. The van der Waals surface area contributed by atoms with E-state index in [1.54, 1.807) is 36.4 Å². The Bertz CT molecular complexity index is 1160. The number of para-hydroxylation sites is 1. The maximum atomic E-state index is 13.4. The van der Waals surface area contributed by atoms with Crippen molar-refractivity contribution in [1.29, 1.82) is 0 Å². The van der Waals surface area contributed by atoms with Crippen LogP contribution in [0.2, 0.25) is 5.02 Å². The van der Waals surface area contributed by atoms with Crippen LogP contribution in [0.15, 0.2) is 77.7 Å². The molecular weight excluding hydrogens is 444 g/mol. The van der Waals surface area contributed by atoms with E-state index in [2.05, 4.69) is 5.32 Å². The van der Waals surface area contributed by atoms with Gasteiger partial charge in [0.15, 0.2) is 0 Å². The van der Waals surface area contributed by atoms with Crippen molar-refractivity contribution in [3.63, 3.8) is 0 Å². The SMILES string of the molecule is Cc1ccc(S(=O)(=O)N(CC(=O)NCCCc2ccc(Cl)cc2)c2ccccc2C)cc1. The van der Waals surface area contributed by atoms with Crippen molar-refractivity contribution in [2.45, 2.75) is 31.6 Å². The monoisotopic (exact) mass is 470 g/mol. The highest BCUT2D eigenvalue weighted by Gasteiger charge is 2.28. The number of halogens is 1. The van der Waals surface area contributed by atoms with E-state index < -0.39 is 10.0 Å². The number of rotatable bonds is 9. The first kappa shape index (κ1) is 23.8. The maximum absolute atomic E-state index is 13.4. The molecule has 0 aromatic heterocycles. The molecular formula is C25H27ClN2O3S. The lowest BCUT2D eigenvalue weighted by atomic mass is 10.1. The smallest absolute Gasteiger partial charge is 0.264 e. The van der Waals surface area contributed by atoms with Gasteiger partial charge < -0.3 is 5.32 Å². The number of carbonyl (C=O) groups excluding carboxylic acids is 1. The Balaban J connectivity index is 1.71. The molecule has 3 aromatic rings. The molecule has 0 fully saturated rings. The van der Waals surface area contributed by atoms with Crippen molar-refractivity contribution < 1.29 is 13.2 Å². The van der Waals surface area contributed by atoms with Crippen molar-refractivity contribution in [2.24, 2.45) is 0 Å². The third-order valence-corrected chi connectivity index (χ3v) is 7.18. The summed E-state index contributed by atoms with van der Waals surface area (Å²) >= 11 is 5.90. The van der Waals surface area contributed by atoms with Gasteiger partial charge in [-0.05, 0) is 68.1 Å². The fraction of sp³-hybridized carbons (Fsp3) is 0.240. The predicted molar refractivity (Wildman–Crippen MR) is 130 cm³/mol. The molecule has 1 amide bonds. The normalized spacial score (nSPS) is 11.2. The third-order valence-electron chi connectivity index (χ3n) is 5.16. The minimum atomic E-state index is -3.91. The van der Waals surface area contributed by atoms with Crippen LogP contribution < -0.4 is 9.62 Å². The number of anilines is 1. The van der Waals surface area contributed by atoms with E-state index in [-0.39, 0.29) is 17.3 Å². The van der Waals surface area contributed by atoms with Crippen molar-refractivity contribution >= 4 is 33.2 Å². The van der Waals surface area contributed by atoms with E-state index in [9.17, 15) is 13.2 Å². The first-order valence-corrected chi connectivity index (χ1v) is 12.3. The molecule has 32 heavy (non-hydrogen) atoms. The summed E-state index contributed by atoms with van der Waals surface area (Å²) in [6.45, 7) is 3.89. The summed E-state index contributed by atoms with van der Waals surface area (Å²) in [7, 11) is -3.91. The first-order valence-electron chi connectivity index (χ1n) is 10.4. The highest BCUT2D eigenvalue weighted by Crippen LogP contribution is 2.26. The number of benzene rings is 3. The second kappa shape index (κ2) is 10.7. The molecule has 0 heterocycles. The van der Waals surface area contributed by atoms with E-state index in [1.165, 1.54) is 4.31 Å². The summed E-state index contributed by atoms with van der Waals surface area (Å²) < 4.78 is 28.0. The molecule has 0 radical (unpaired) electrons. The topological polar surface area (TPSA) is 66.5 Å². The Morgan fingerprint density at radius 2 is 1.59 bits per heavy atom. The molecule has 0 spiro atoms. The molecule has 0 saturated carbocycles. The quantitative estimate of drug-likeness (QED) is 0.452. The standard InChI is InChI=1S/C25H27ClN2O3S/c1-19-9-15-23(16-10-19)32(30,31)28(24-8-4-3-6-20(24)2)18-25(29)27-17-5-7-21-11-13-22(26)14-12-21/h3-4,6,8-16H,5,7,17-18H2,1-2H3,(H,27,29). The van der Waals surface area contributed by atoms with E-state index in [1.807, 2.05) is 50.2 Å². The van der Waals surface area contributed by atoms with Gasteiger partial charge in [-0.1, -0.05) is 59.6 Å². The second-order valence-corrected chi connectivity index (χ2v) is 9.99. The zero-order valence-electron chi connectivity index (χ0n) is 18.2. The molecule has 0 bridgehead atoms. The van der Waals surface area contributed by atoms with Gasteiger partial charge in [-0.25, -0.2) is 8.42 Å². The lowest BCUT2D eigenvalue weighted by Crippen LogP contribution is -2.41. The van der Waals surface area contributed by atoms with Gasteiger partial charge in [0.05, 0.1) is 10.6 Å². The molecule has 0 aliphatic rings. The second-order valence-electron chi connectivity index (χ2n) is 7.69. The largest absolute Gasteiger partial charge is 0.355 e. The number of nitrogens with one attached hydrogen (secondary N) is 1. The maximum Gasteiger partial charge on any atom is 0.264 e. The summed E-state index contributed by atoms with van der Waals surface area (Å²) in [5.74, 6) is -0.347. The zero-order chi connectivity index (χ0) is 23.1. The van der Waals surface area contributed by atoms with Gasteiger partial charge in [-0.3, -0.25) is 9.10 Å². The van der Waals surface area contributed by atoms with Crippen molar-refractivity contribution in [3.05, 3.63) is 94.5 Å². The Hall–Kier alpha value is -2.83. The van der Waals surface area contributed by atoms with Gasteiger partial charge in [-0.2, -0.15) is 0 Å². The Morgan fingerprint density at radius 3 is 2.25 bits per heavy atom. The average Bonchev–Trinajstić information content (AvgIpc) is 2.77. The van der Waals surface area contributed by atoms with Crippen molar-refractivity contribution in [3.8, 4) is 0 Å². The van der Waals surface area contributed by atoms with Gasteiger partial charge in [0.25, 0.3) is 10.0 Å². The van der Waals surface area contributed by atoms with E-state index in [0.717, 1.165) is 29.5 Å². The van der Waals surface area contributed by atoms with Crippen LogP contribution in [-0.4, -0.2) is 27.4 Å². The zero-order valence-corrected chi connectivity index (χ0v) is 19.8. The van der Waals surface area contributed by atoms with E-state index in [0.29, 0.717) is 17.3 Å². The van der Waals surface area contributed by atoms with Crippen LogP contribution in [0.5, 0.6) is 0 Å². The highest BCUT2D eigenvalue weighted by molar-refractivity contribution is 7.92. The first-order chi connectivity index (χ1) is 15.3. The Labute approximate surface area is 195 Å². The molecule has 0 unspecified atom stereocenters. The van der Waals surface area contributed by atoms with Crippen LogP contribution in [0.4, 0.5) is 5.69 Å². The summed E-state index contributed by atoms with van der Waals surface area (Å²) in [6, 6.07) is 21.4. The summed E-state index contributed by atoms with van der Waals surface area (Å²) in [6.07, 6.45) is 1.53. The fourth-order valence-electron chi connectivity index (χ4n) is 3.34. The molecule has 1 N–H and O–H groups in total. The Kier molecular flexibility index (Phi) is 7.94. The number of hydrogen-bond donors (Lipinski definition) is 1. The number of carbonyl (C=O) groups is 1. The summed E-state index contributed by atoms with van der Waals surface area (Å²) in [4.78, 5) is 12.8.